The zero-order valence-electron chi connectivity index (χ0n) is 20.4. The van der Waals surface area contributed by atoms with Crippen LogP contribution in [0.5, 0.6) is 23.0 Å². The highest BCUT2D eigenvalue weighted by Crippen LogP contribution is 2.43. The van der Waals surface area contributed by atoms with Crippen molar-refractivity contribution in [2.45, 2.75) is 26.3 Å². The predicted molar refractivity (Wildman–Crippen MR) is 128 cm³/mol. The molecule has 0 spiro atoms. The average molecular weight is 471 g/mol. The van der Waals surface area contributed by atoms with Crippen molar-refractivity contribution in [1.82, 2.24) is 5.16 Å². The number of benzene rings is 2. The lowest BCUT2D eigenvalue weighted by atomic mass is 9.98. The molecule has 3 rings (SSSR count). The fraction of sp³-hybridized carbons (Fsp3) is 0.360. The Labute approximate surface area is 199 Å². The molecule has 9 nitrogen and oxygen atoms in total. The Bertz CT molecular complexity index is 1120. The summed E-state index contributed by atoms with van der Waals surface area (Å²) < 4.78 is 27.2. The molecule has 182 valence electrons. The van der Waals surface area contributed by atoms with E-state index in [-0.39, 0.29) is 17.9 Å². The number of quaternary nitrogens is 1. The lowest BCUT2D eigenvalue weighted by Gasteiger charge is -2.17. The first-order valence-corrected chi connectivity index (χ1v) is 10.9. The van der Waals surface area contributed by atoms with Gasteiger partial charge in [-0.2, -0.15) is 0 Å². The molecule has 1 aromatic heterocycles. The normalized spacial score (nSPS) is 12.6. The fourth-order valence-corrected chi connectivity index (χ4v) is 3.61. The van der Waals surface area contributed by atoms with Gasteiger partial charge in [0.2, 0.25) is 5.75 Å². The van der Waals surface area contributed by atoms with Gasteiger partial charge in [-0.15, -0.1) is 0 Å². The molecular weight excluding hydrogens is 438 g/mol. The number of hydrogen-bond acceptors (Lipinski definition) is 7. The second-order valence-corrected chi connectivity index (χ2v) is 7.89. The third-order valence-corrected chi connectivity index (χ3v) is 5.94. The van der Waals surface area contributed by atoms with Gasteiger partial charge in [0.15, 0.2) is 17.5 Å². The van der Waals surface area contributed by atoms with Crippen molar-refractivity contribution in [2.24, 2.45) is 5.92 Å². The first kappa shape index (κ1) is 24.9. The summed E-state index contributed by atoms with van der Waals surface area (Å²) in [5.74, 6) is 2.01. The largest absolute Gasteiger partial charge is 0.495 e. The Kier molecular flexibility index (Phi) is 8.01. The van der Waals surface area contributed by atoms with Gasteiger partial charge in [-0.05, 0) is 36.2 Å². The molecule has 0 saturated carbocycles. The Morgan fingerprint density at radius 1 is 1.00 bits per heavy atom. The molecule has 0 saturated heterocycles. The highest BCUT2D eigenvalue weighted by molar-refractivity contribution is 5.96. The SMILES string of the molecule is CCC(C)C([NH3+])C(=O)Nc1cc(-c2conc2-c2cc(OC)c(OC)c(OC)c2)ccc1OC. The average Bonchev–Trinajstić information content (AvgIpc) is 3.36. The number of amides is 1. The van der Waals surface area contributed by atoms with E-state index in [1.54, 1.807) is 52.9 Å². The summed E-state index contributed by atoms with van der Waals surface area (Å²) in [7, 11) is 6.21. The molecule has 9 heteroatoms. The summed E-state index contributed by atoms with van der Waals surface area (Å²) in [6, 6.07) is 8.71. The summed E-state index contributed by atoms with van der Waals surface area (Å²) in [4.78, 5) is 12.8. The van der Waals surface area contributed by atoms with E-state index < -0.39 is 0 Å². The molecule has 0 aliphatic carbocycles. The van der Waals surface area contributed by atoms with Gasteiger partial charge in [0.25, 0.3) is 5.91 Å². The molecule has 2 aromatic carbocycles. The van der Waals surface area contributed by atoms with Crippen LogP contribution in [0.2, 0.25) is 0 Å². The van der Waals surface area contributed by atoms with Crippen LogP contribution >= 0.6 is 0 Å². The number of nitrogens with zero attached hydrogens (tertiary/aromatic N) is 1. The molecule has 0 bridgehead atoms. The van der Waals surface area contributed by atoms with Crippen molar-refractivity contribution in [1.29, 1.82) is 0 Å². The van der Waals surface area contributed by atoms with Crippen LogP contribution in [0.3, 0.4) is 0 Å². The number of carbonyl (C=O) groups excluding carboxylic acids is 1. The summed E-state index contributed by atoms with van der Waals surface area (Å²) >= 11 is 0. The zero-order chi connectivity index (χ0) is 24.8. The Balaban J connectivity index is 2.03. The summed E-state index contributed by atoms with van der Waals surface area (Å²) in [6.07, 6.45) is 2.41. The molecular formula is C25H32N3O6+. The quantitative estimate of drug-likeness (QED) is 0.464. The summed E-state index contributed by atoms with van der Waals surface area (Å²) in [5, 5.41) is 7.16. The molecule has 0 aliphatic heterocycles. The number of ether oxygens (including phenoxy) is 4. The minimum absolute atomic E-state index is 0.152. The molecule has 2 atom stereocenters. The Morgan fingerprint density at radius 3 is 2.21 bits per heavy atom. The standard InChI is InChI=1S/C25H31N3O6/c1-7-14(2)22(26)25(29)27-18-10-15(8-9-19(18)30-3)17-13-34-28-23(17)16-11-20(31-4)24(33-6)21(12-16)32-5/h8-14,22H,7,26H2,1-6H3,(H,27,29)/p+1. The van der Waals surface area contributed by atoms with E-state index >= 15 is 0 Å². The van der Waals surface area contributed by atoms with E-state index in [0.29, 0.717) is 39.9 Å². The van der Waals surface area contributed by atoms with E-state index in [2.05, 4.69) is 16.2 Å². The van der Waals surface area contributed by atoms with Gasteiger partial charge in [-0.3, -0.25) is 4.79 Å². The van der Waals surface area contributed by atoms with Crippen molar-refractivity contribution < 1.29 is 34.0 Å². The minimum atomic E-state index is -0.385. The van der Waals surface area contributed by atoms with Gasteiger partial charge >= 0.3 is 0 Å². The van der Waals surface area contributed by atoms with Gasteiger partial charge in [-0.1, -0.05) is 25.1 Å². The molecule has 0 aliphatic rings. The Hall–Kier alpha value is -3.72. The first-order valence-electron chi connectivity index (χ1n) is 10.9. The predicted octanol–water partition coefficient (Wildman–Crippen LogP) is 3.64. The van der Waals surface area contributed by atoms with E-state index in [4.69, 9.17) is 23.5 Å². The monoisotopic (exact) mass is 470 g/mol. The maximum Gasteiger partial charge on any atom is 0.282 e. The number of hydrogen-bond donors (Lipinski definition) is 2. The minimum Gasteiger partial charge on any atom is -0.495 e. The van der Waals surface area contributed by atoms with Gasteiger partial charge in [0.05, 0.1) is 34.1 Å². The first-order chi connectivity index (χ1) is 16.4. The highest BCUT2D eigenvalue weighted by Gasteiger charge is 2.25. The Morgan fingerprint density at radius 2 is 1.65 bits per heavy atom. The smallest absolute Gasteiger partial charge is 0.282 e. The molecule has 1 amide bonds. The second-order valence-electron chi connectivity index (χ2n) is 7.89. The van der Waals surface area contributed by atoms with E-state index in [9.17, 15) is 4.79 Å². The molecule has 3 aromatic rings. The topological polar surface area (TPSA) is 120 Å². The van der Waals surface area contributed by atoms with E-state index in [1.165, 1.54) is 0 Å². The van der Waals surface area contributed by atoms with Crippen LogP contribution in [-0.4, -0.2) is 45.5 Å². The van der Waals surface area contributed by atoms with Crippen LogP contribution in [-0.2, 0) is 4.79 Å². The van der Waals surface area contributed by atoms with Crippen LogP contribution in [0, 0.1) is 5.92 Å². The maximum absolute atomic E-state index is 12.8. The second kappa shape index (κ2) is 10.9. The van der Waals surface area contributed by atoms with Crippen molar-refractivity contribution in [2.75, 3.05) is 33.8 Å². The number of carbonyl (C=O) groups is 1. The van der Waals surface area contributed by atoms with Gasteiger partial charge in [-0.25, -0.2) is 0 Å². The lowest BCUT2D eigenvalue weighted by Crippen LogP contribution is -2.69. The van der Waals surface area contributed by atoms with Crippen molar-refractivity contribution in [3.05, 3.63) is 36.6 Å². The van der Waals surface area contributed by atoms with Crippen molar-refractivity contribution in [3.63, 3.8) is 0 Å². The van der Waals surface area contributed by atoms with Crippen molar-refractivity contribution >= 4 is 11.6 Å². The molecule has 1 heterocycles. The number of aromatic nitrogens is 1. The lowest BCUT2D eigenvalue weighted by molar-refractivity contribution is -0.414. The molecule has 0 radical (unpaired) electrons. The highest BCUT2D eigenvalue weighted by atomic mass is 16.5. The van der Waals surface area contributed by atoms with Crippen molar-refractivity contribution in [3.8, 4) is 45.4 Å². The van der Waals surface area contributed by atoms with E-state index in [0.717, 1.165) is 17.5 Å². The number of anilines is 1. The third-order valence-electron chi connectivity index (χ3n) is 5.94. The maximum atomic E-state index is 12.8. The molecule has 34 heavy (non-hydrogen) atoms. The molecule has 2 unspecified atom stereocenters. The third kappa shape index (κ3) is 4.94. The van der Waals surface area contributed by atoms with Crippen LogP contribution in [0.1, 0.15) is 20.3 Å². The molecule has 0 fully saturated rings. The number of methoxy groups -OCH3 is 4. The van der Waals surface area contributed by atoms with Gasteiger partial charge < -0.3 is 34.5 Å². The number of rotatable bonds is 10. The molecule has 4 N–H and O–H groups in total. The summed E-state index contributed by atoms with van der Waals surface area (Å²) in [6.45, 7) is 4.04. The zero-order valence-corrected chi connectivity index (χ0v) is 20.4. The number of nitrogens with one attached hydrogen (secondary N) is 1. The van der Waals surface area contributed by atoms with Crippen LogP contribution in [0.15, 0.2) is 41.1 Å². The van der Waals surface area contributed by atoms with Crippen LogP contribution in [0.4, 0.5) is 5.69 Å². The van der Waals surface area contributed by atoms with E-state index in [1.807, 2.05) is 26.0 Å². The summed E-state index contributed by atoms with van der Waals surface area (Å²) in [5.41, 5.74) is 7.36. The van der Waals surface area contributed by atoms with Gasteiger partial charge in [0.1, 0.15) is 17.7 Å². The van der Waals surface area contributed by atoms with Gasteiger partial charge in [0, 0.05) is 17.0 Å². The fourth-order valence-electron chi connectivity index (χ4n) is 3.61. The van der Waals surface area contributed by atoms with Crippen LogP contribution < -0.4 is 30.0 Å². The van der Waals surface area contributed by atoms with Crippen LogP contribution in [0.25, 0.3) is 22.4 Å².